The van der Waals surface area contributed by atoms with E-state index in [-0.39, 0.29) is 0 Å². The standard InChI is InChI=1S/C46H36N4/c1-31-28-34(32-14-4-2-5-15-32)18-13-23-38(31)35-19-12-20-36(29-35)39-27-26-37(46-47-45(48-49-46)33-16-6-3-7-17-33)30-44(39)50-42-24-10-8-21-40(42)41-22-9-11-25-43(41)50/h2-27,29-31,38H,28H2,1H3,(H,47,48,49). The first-order valence-corrected chi connectivity index (χ1v) is 17.4. The molecule has 0 spiro atoms. The fraction of sp³-hybridized carbons (Fsp3) is 0.0870. The van der Waals surface area contributed by atoms with Crippen LogP contribution in [0.15, 0.2) is 170 Å². The summed E-state index contributed by atoms with van der Waals surface area (Å²) in [4.78, 5) is 4.93. The van der Waals surface area contributed by atoms with Gasteiger partial charge < -0.3 is 4.57 Å². The second kappa shape index (κ2) is 12.6. The van der Waals surface area contributed by atoms with E-state index in [0.717, 1.165) is 29.1 Å². The lowest BCUT2D eigenvalue weighted by atomic mass is 9.82. The van der Waals surface area contributed by atoms with Crippen LogP contribution >= 0.6 is 0 Å². The molecule has 0 bridgehead atoms. The number of H-pyrrole nitrogens is 1. The molecule has 240 valence electrons. The molecule has 0 saturated heterocycles. The third-order valence-corrected chi connectivity index (χ3v) is 10.1. The van der Waals surface area contributed by atoms with Crippen molar-refractivity contribution in [2.45, 2.75) is 19.3 Å². The van der Waals surface area contributed by atoms with E-state index < -0.39 is 0 Å². The number of aromatic amines is 1. The van der Waals surface area contributed by atoms with Gasteiger partial charge in [-0.05, 0) is 52.8 Å². The first-order chi connectivity index (χ1) is 24.7. The van der Waals surface area contributed by atoms with Gasteiger partial charge >= 0.3 is 0 Å². The molecule has 0 amide bonds. The predicted octanol–water partition coefficient (Wildman–Crippen LogP) is 11.7. The van der Waals surface area contributed by atoms with Crippen LogP contribution in [0, 0.1) is 5.92 Å². The molecule has 0 saturated carbocycles. The van der Waals surface area contributed by atoms with Gasteiger partial charge in [0.2, 0.25) is 0 Å². The summed E-state index contributed by atoms with van der Waals surface area (Å²) in [5, 5.41) is 10.3. The highest BCUT2D eigenvalue weighted by Gasteiger charge is 2.22. The molecule has 2 unspecified atom stereocenters. The summed E-state index contributed by atoms with van der Waals surface area (Å²) >= 11 is 0. The molecule has 2 atom stereocenters. The maximum absolute atomic E-state index is 4.93. The van der Waals surface area contributed by atoms with Gasteiger partial charge in [-0.3, -0.25) is 5.10 Å². The summed E-state index contributed by atoms with van der Waals surface area (Å²) in [6.07, 6.45) is 7.95. The van der Waals surface area contributed by atoms with Gasteiger partial charge in [0.05, 0.1) is 16.7 Å². The first-order valence-electron chi connectivity index (χ1n) is 17.4. The normalized spacial score (nSPS) is 16.1. The number of aromatic nitrogens is 4. The van der Waals surface area contributed by atoms with Crippen LogP contribution in [-0.4, -0.2) is 19.7 Å². The quantitative estimate of drug-likeness (QED) is 0.196. The Morgan fingerprint density at radius 3 is 2.02 bits per heavy atom. The van der Waals surface area contributed by atoms with Gasteiger partial charge in [-0.15, -0.1) is 0 Å². The van der Waals surface area contributed by atoms with Crippen molar-refractivity contribution in [2.75, 3.05) is 0 Å². The summed E-state index contributed by atoms with van der Waals surface area (Å²) in [5.74, 6) is 2.17. The third kappa shape index (κ3) is 5.36. The van der Waals surface area contributed by atoms with Crippen molar-refractivity contribution >= 4 is 27.4 Å². The minimum Gasteiger partial charge on any atom is -0.309 e. The number of allylic oxidation sites excluding steroid dienone is 4. The van der Waals surface area contributed by atoms with Gasteiger partial charge in [0, 0.05) is 33.4 Å². The Bertz CT molecular complexity index is 2480. The molecule has 4 heteroatoms. The fourth-order valence-corrected chi connectivity index (χ4v) is 7.64. The van der Waals surface area contributed by atoms with E-state index in [1.807, 2.05) is 30.3 Å². The number of hydrogen-bond acceptors (Lipinski definition) is 2. The van der Waals surface area contributed by atoms with E-state index >= 15 is 0 Å². The van der Waals surface area contributed by atoms with Crippen LogP contribution in [0.5, 0.6) is 0 Å². The lowest BCUT2D eigenvalue weighted by molar-refractivity contribution is 0.540. The zero-order chi connectivity index (χ0) is 33.4. The maximum Gasteiger partial charge on any atom is 0.181 e. The zero-order valence-electron chi connectivity index (χ0n) is 27.9. The Morgan fingerprint density at radius 2 is 1.28 bits per heavy atom. The molecule has 4 nitrogen and oxygen atoms in total. The van der Waals surface area contributed by atoms with E-state index in [1.165, 1.54) is 49.6 Å². The molecular weight excluding hydrogens is 609 g/mol. The largest absolute Gasteiger partial charge is 0.309 e. The van der Waals surface area contributed by atoms with E-state index in [0.29, 0.717) is 17.7 Å². The van der Waals surface area contributed by atoms with Crippen LogP contribution in [0.2, 0.25) is 0 Å². The van der Waals surface area contributed by atoms with E-state index in [4.69, 9.17) is 4.98 Å². The molecule has 50 heavy (non-hydrogen) atoms. The van der Waals surface area contributed by atoms with Crippen LogP contribution in [-0.2, 0) is 0 Å². The van der Waals surface area contributed by atoms with Crippen LogP contribution < -0.4 is 0 Å². The molecule has 0 fully saturated rings. The van der Waals surface area contributed by atoms with Crippen molar-refractivity contribution in [2.24, 2.45) is 5.92 Å². The van der Waals surface area contributed by atoms with Crippen molar-refractivity contribution in [1.82, 2.24) is 19.7 Å². The van der Waals surface area contributed by atoms with Crippen LogP contribution in [0.25, 0.3) is 67.0 Å². The number of rotatable bonds is 6. The lowest BCUT2D eigenvalue weighted by Gasteiger charge is -2.22. The van der Waals surface area contributed by atoms with Crippen LogP contribution in [0.1, 0.15) is 30.4 Å². The topological polar surface area (TPSA) is 46.5 Å². The van der Waals surface area contributed by atoms with Crippen molar-refractivity contribution in [3.8, 4) is 39.6 Å². The number of benzene rings is 6. The average Bonchev–Trinajstić information content (AvgIpc) is 3.75. The van der Waals surface area contributed by atoms with Gasteiger partial charge in [0.25, 0.3) is 0 Å². The smallest absolute Gasteiger partial charge is 0.181 e. The highest BCUT2D eigenvalue weighted by Crippen LogP contribution is 2.41. The summed E-state index contributed by atoms with van der Waals surface area (Å²) in [5.41, 5.74) is 11.8. The Hall–Kier alpha value is -6.26. The minimum atomic E-state index is 0.300. The fourth-order valence-electron chi connectivity index (χ4n) is 7.64. The van der Waals surface area contributed by atoms with Gasteiger partial charge in [0.15, 0.2) is 11.6 Å². The number of para-hydroxylation sites is 2. The Balaban J connectivity index is 1.17. The zero-order valence-corrected chi connectivity index (χ0v) is 27.9. The lowest BCUT2D eigenvalue weighted by Crippen LogP contribution is -2.08. The van der Waals surface area contributed by atoms with Crippen molar-refractivity contribution < 1.29 is 0 Å². The second-order valence-corrected chi connectivity index (χ2v) is 13.3. The molecule has 8 aromatic rings. The molecule has 1 aliphatic rings. The molecule has 2 heterocycles. The summed E-state index contributed by atoms with van der Waals surface area (Å²) in [6.45, 7) is 2.38. The molecule has 6 aromatic carbocycles. The van der Waals surface area contributed by atoms with Crippen LogP contribution in [0.3, 0.4) is 0 Å². The number of nitrogens with zero attached hydrogens (tertiary/aromatic N) is 3. The Morgan fingerprint density at radius 1 is 0.620 bits per heavy atom. The van der Waals surface area contributed by atoms with Gasteiger partial charge in [-0.1, -0.05) is 159 Å². The molecule has 1 N–H and O–H groups in total. The summed E-state index contributed by atoms with van der Waals surface area (Å²) in [6, 6.07) is 54.1. The van der Waals surface area contributed by atoms with Crippen LogP contribution in [0.4, 0.5) is 0 Å². The van der Waals surface area contributed by atoms with Crippen molar-refractivity contribution in [1.29, 1.82) is 0 Å². The summed E-state index contributed by atoms with van der Waals surface area (Å²) < 4.78 is 2.41. The third-order valence-electron chi connectivity index (χ3n) is 10.1. The first kappa shape index (κ1) is 29.8. The highest BCUT2D eigenvalue weighted by atomic mass is 15.2. The Kier molecular flexibility index (Phi) is 7.55. The van der Waals surface area contributed by atoms with Gasteiger partial charge in [-0.25, -0.2) is 4.98 Å². The SMILES string of the molecule is CC1CC(c2ccccc2)=CC=CC1c1cccc(-c2ccc(-c3nc(-c4ccccc4)n[nH]3)cc2-n2c3ccccc3c3ccccc32)c1. The molecule has 0 radical (unpaired) electrons. The molecular formula is C46H36N4. The molecule has 2 aromatic heterocycles. The predicted molar refractivity (Wildman–Crippen MR) is 207 cm³/mol. The monoisotopic (exact) mass is 644 g/mol. The van der Waals surface area contributed by atoms with E-state index in [9.17, 15) is 0 Å². The van der Waals surface area contributed by atoms with E-state index in [1.54, 1.807) is 0 Å². The average molecular weight is 645 g/mol. The van der Waals surface area contributed by atoms with E-state index in [2.05, 4.69) is 161 Å². The number of fused-ring (bicyclic) bond motifs is 3. The summed E-state index contributed by atoms with van der Waals surface area (Å²) in [7, 11) is 0. The second-order valence-electron chi connectivity index (χ2n) is 13.3. The molecule has 9 rings (SSSR count). The molecule has 0 aliphatic heterocycles. The number of nitrogens with one attached hydrogen (secondary N) is 1. The molecule has 1 aliphatic carbocycles. The minimum absolute atomic E-state index is 0.300. The van der Waals surface area contributed by atoms with Crippen molar-refractivity contribution in [3.05, 3.63) is 181 Å². The maximum atomic E-state index is 4.93. The highest BCUT2D eigenvalue weighted by molar-refractivity contribution is 6.09. The Labute approximate surface area is 292 Å². The van der Waals surface area contributed by atoms with Crippen molar-refractivity contribution in [3.63, 3.8) is 0 Å². The van der Waals surface area contributed by atoms with Gasteiger partial charge in [0.1, 0.15) is 0 Å². The van der Waals surface area contributed by atoms with Gasteiger partial charge in [-0.2, -0.15) is 5.10 Å². The number of hydrogen-bond donors (Lipinski definition) is 1.